The van der Waals surface area contributed by atoms with Gasteiger partial charge in [-0.2, -0.15) is 0 Å². The molecule has 0 aliphatic carbocycles. The van der Waals surface area contributed by atoms with Crippen LogP contribution in [0.3, 0.4) is 0 Å². The summed E-state index contributed by atoms with van der Waals surface area (Å²) in [6.45, 7) is 0. The molecule has 1 aliphatic heterocycles. The number of hydrogen-bond donors (Lipinski definition) is 0. The van der Waals surface area contributed by atoms with Crippen molar-refractivity contribution in [2.75, 3.05) is 9.80 Å². The Kier molecular flexibility index (Phi) is 5.74. The van der Waals surface area contributed by atoms with E-state index < -0.39 is 0 Å². The van der Waals surface area contributed by atoms with Gasteiger partial charge < -0.3 is 9.80 Å². The summed E-state index contributed by atoms with van der Waals surface area (Å²) in [4.78, 5) is 10.1. The molecule has 0 radical (unpaired) electrons. The standard InChI is InChI=1S/C49H30N4/c1-2-14-31(15-3-1)51-45-24-12-13-25-46(45)52(48-30-41-36-19-7-5-17-34(36)33-16-4-6-18-35(33)40(41)29-47(48)51)32-26-27-38-39(28-32)37-20-8-10-22-43(37)53-44-23-11-9-21-42(44)50-49(38)53/h1-30H. The van der Waals surface area contributed by atoms with Gasteiger partial charge in [0.1, 0.15) is 5.65 Å². The van der Waals surface area contributed by atoms with Gasteiger partial charge in [0.25, 0.3) is 0 Å². The van der Waals surface area contributed by atoms with Crippen molar-refractivity contribution in [3.63, 3.8) is 0 Å². The minimum Gasteiger partial charge on any atom is -0.306 e. The summed E-state index contributed by atoms with van der Waals surface area (Å²) in [6, 6.07) is 66.2. The van der Waals surface area contributed by atoms with Crippen molar-refractivity contribution in [3.05, 3.63) is 182 Å². The maximum Gasteiger partial charge on any atom is 0.146 e. The Bertz CT molecular complexity index is 3310. The van der Waals surface area contributed by atoms with E-state index in [9.17, 15) is 0 Å². The Morgan fingerprint density at radius 3 is 1.45 bits per heavy atom. The summed E-state index contributed by atoms with van der Waals surface area (Å²) in [5.41, 5.74) is 11.0. The van der Waals surface area contributed by atoms with Crippen LogP contribution in [0.5, 0.6) is 0 Å². The van der Waals surface area contributed by atoms with Crippen LogP contribution < -0.4 is 9.80 Å². The molecule has 3 heterocycles. The topological polar surface area (TPSA) is 23.8 Å². The summed E-state index contributed by atoms with van der Waals surface area (Å²) in [7, 11) is 0. The number of nitrogens with zero attached hydrogens (tertiary/aromatic N) is 4. The fourth-order valence-corrected chi connectivity index (χ4v) is 8.96. The first-order valence-electron chi connectivity index (χ1n) is 18.1. The number of hydrogen-bond acceptors (Lipinski definition) is 3. The molecule has 0 unspecified atom stereocenters. The number of fused-ring (bicyclic) bond motifs is 16. The lowest BCUT2D eigenvalue weighted by molar-refractivity contribution is 1.18. The molecule has 0 saturated heterocycles. The van der Waals surface area contributed by atoms with Crippen molar-refractivity contribution in [2.45, 2.75) is 0 Å². The predicted molar refractivity (Wildman–Crippen MR) is 223 cm³/mol. The summed E-state index contributed by atoms with van der Waals surface area (Å²) >= 11 is 0. The molecule has 0 fully saturated rings. The average Bonchev–Trinajstić information content (AvgIpc) is 3.63. The van der Waals surface area contributed by atoms with Crippen LogP contribution in [0.25, 0.3) is 70.7 Å². The molecule has 0 spiro atoms. The summed E-state index contributed by atoms with van der Waals surface area (Å²) in [5, 5.41) is 11.1. The Labute approximate surface area is 305 Å². The highest BCUT2D eigenvalue weighted by atomic mass is 15.3. The van der Waals surface area contributed by atoms with Crippen molar-refractivity contribution >= 4 is 105 Å². The maximum absolute atomic E-state index is 5.18. The molecule has 11 aromatic rings. The van der Waals surface area contributed by atoms with Gasteiger partial charge in [0.05, 0.1) is 39.3 Å². The summed E-state index contributed by atoms with van der Waals surface area (Å²) in [6.07, 6.45) is 0. The van der Waals surface area contributed by atoms with Gasteiger partial charge in [0.2, 0.25) is 0 Å². The van der Waals surface area contributed by atoms with Crippen LogP contribution >= 0.6 is 0 Å². The zero-order chi connectivity index (χ0) is 34.6. The number of pyridine rings is 1. The normalized spacial score (nSPS) is 12.8. The highest BCUT2D eigenvalue weighted by molar-refractivity contribution is 6.27. The van der Waals surface area contributed by atoms with E-state index in [1.165, 1.54) is 43.1 Å². The maximum atomic E-state index is 5.18. The van der Waals surface area contributed by atoms with Crippen molar-refractivity contribution in [1.29, 1.82) is 0 Å². The minimum absolute atomic E-state index is 0.977. The van der Waals surface area contributed by atoms with Crippen LogP contribution in [0.1, 0.15) is 0 Å². The highest BCUT2D eigenvalue weighted by Gasteiger charge is 2.32. The fraction of sp³-hybridized carbons (Fsp3) is 0. The smallest absolute Gasteiger partial charge is 0.146 e. The van der Waals surface area contributed by atoms with Gasteiger partial charge in [-0.3, -0.25) is 4.40 Å². The van der Waals surface area contributed by atoms with E-state index in [0.29, 0.717) is 0 Å². The molecule has 246 valence electrons. The summed E-state index contributed by atoms with van der Waals surface area (Å²) in [5.74, 6) is 0. The van der Waals surface area contributed by atoms with Crippen LogP contribution in [-0.4, -0.2) is 9.38 Å². The number of benzene rings is 9. The molecule has 9 aromatic carbocycles. The first kappa shape index (κ1) is 28.5. The Morgan fingerprint density at radius 2 is 0.792 bits per heavy atom. The molecule has 2 aromatic heterocycles. The number of rotatable bonds is 2. The van der Waals surface area contributed by atoms with Gasteiger partial charge in [0, 0.05) is 22.1 Å². The van der Waals surface area contributed by atoms with Crippen LogP contribution in [0.15, 0.2) is 182 Å². The molecule has 0 saturated carbocycles. The second-order valence-electron chi connectivity index (χ2n) is 14.0. The SMILES string of the molecule is c1ccc(N2c3ccccc3N(c3ccc4c(c3)c3ccccc3n3c5ccccc5nc43)c3cc4c5ccccc5c5ccccc5c4cc32)cc1. The van der Waals surface area contributed by atoms with Gasteiger partial charge in [-0.15, -0.1) is 0 Å². The van der Waals surface area contributed by atoms with E-state index in [1.54, 1.807) is 0 Å². The van der Waals surface area contributed by atoms with Gasteiger partial charge >= 0.3 is 0 Å². The highest BCUT2D eigenvalue weighted by Crippen LogP contribution is 2.56. The molecule has 0 amide bonds. The van der Waals surface area contributed by atoms with Gasteiger partial charge in [-0.25, -0.2) is 4.98 Å². The first-order valence-corrected chi connectivity index (χ1v) is 18.1. The quantitative estimate of drug-likeness (QED) is 0.171. The molecule has 4 heteroatoms. The van der Waals surface area contributed by atoms with Gasteiger partial charge in [-0.1, -0.05) is 109 Å². The zero-order valence-corrected chi connectivity index (χ0v) is 28.6. The lowest BCUT2D eigenvalue weighted by Crippen LogP contribution is -2.24. The summed E-state index contributed by atoms with van der Waals surface area (Å²) < 4.78 is 2.32. The van der Waals surface area contributed by atoms with E-state index in [4.69, 9.17) is 4.98 Å². The second kappa shape index (κ2) is 10.7. The molecular weight excluding hydrogens is 645 g/mol. The molecule has 12 rings (SSSR count). The lowest BCUT2D eigenvalue weighted by atomic mass is 9.92. The monoisotopic (exact) mass is 674 g/mol. The van der Waals surface area contributed by atoms with E-state index >= 15 is 0 Å². The fourth-order valence-electron chi connectivity index (χ4n) is 8.96. The average molecular weight is 675 g/mol. The largest absolute Gasteiger partial charge is 0.306 e. The number of para-hydroxylation sites is 6. The van der Waals surface area contributed by atoms with Crippen LogP contribution in [-0.2, 0) is 0 Å². The Morgan fingerprint density at radius 1 is 0.302 bits per heavy atom. The van der Waals surface area contributed by atoms with E-state index in [1.807, 2.05) is 0 Å². The number of anilines is 6. The van der Waals surface area contributed by atoms with Crippen LogP contribution in [0.4, 0.5) is 34.1 Å². The third kappa shape index (κ3) is 3.92. The first-order chi connectivity index (χ1) is 26.3. The lowest BCUT2D eigenvalue weighted by Gasteiger charge is -2.40. The van der Waals surface area contributed by atoms with Crippen molar-refractivity contribution in [1.82, 2.24) is 9.38 Å². The predicted octanol–water partition coefficient (Wildman–Crippen LogP) is 13.5. The Balaban J connectivity index is 1.21. The molecule has 4 nitrogen and oxygen atoms in total. The van der Waals surface area contributed by atoms with Crippen molar-refractivity contribution in [3.8, 4) is 0 Å². The van der Waals surface area contributed by atoms with Crippen LogP contribution in [0.2, 0.25) is 0 Å². The second-order valence-corrected chi connectivity index (χ2v) is 14.0. The molecule has 0 atom stereocenters. The van der Waals surface area contributed by atoms with Gasteiger partial charge in [0.15, 0.2) is 0 Å². The van der Waals surface area contributed by atoms with Gasteiger partial charge in [-0.05, 0) is 110 Å². The van der Waals surface area contributed by atoms with Crippen molar-refractivity contribution in [2.24, 2.45) is 0 Å². The number of aromatic nitrogens is 2. The van der Waals surface area contributed by atoms with E-state index in [0.717, 1.165) is 61.7 Å². The molecule has 0 bridgehead atoms. The molecule has 53 heavy (non-hydrogen) atoms. The van der Waals surface area contributed by atoms with E-state index in [-0.39, 0.29) is 0 Å². The molecular formula is C49H30N4. The zero-order valence-electron chi connectivity index (χ0n) is 28.6. The third-order valence-corrected chi connectivity index (χ3v) is 11.2. The number of imidazole rings is 1. The molecule has 0 N–H and O–H groups in total. The molecule has 1 aliphatic rings. The van der Waals surface area contributed by atoms with Crippen molar-refractivity contribution < 1.29 is 0 Å². The van der Waals surface area contributed by atoms with Crippen LogP contribution in [0, 0.1) is 0 Å². The van der Waals surface area contributed by atoms with E-state index in [2.05, 4.69) is 196 Å². The third-order valence-electron chi connectivity index (χ3n) is 11.2. The minimum atomic E-state index is 0.977. The Hall–Kier alpha value is -7.17.